The first-order valence-electron chi connectivity index (χ1n) is 5.37. The van der Waals surface area contributed by atoms with Gasteiger partial charge in [0.05, 0.1) is 17.1 Å². The third kappa shape index (κ3) is 2.43. The van der Waals surface area contributed by atoms with Gasteiger partial charge in [0.25, 0.3) is 0 Å². The SMILES string of the molecule is Cc1nc(Nc2ccc(C(N)=O)cc2N)sc1C. The van der Waals surface area contributed by atoms with Gasteiger partial charge in [-0.15, -0.1) is 11.3 Å². The van der Waals surface area contributed by atoms with Crippen molar-refractivity contribution in [1.29, 1.82) is 0 Å². The number of aromatic nitrogens is 1. The Hall–Kier alpha value is -2.08. The van der Waals surface area contributed by atoms with Crippen LogP contribution >= 0.6 is 11.3 Å². The largest absolute Gasteiger partial charge is 0.397 e. The quantitative estimate of drug-likeness (QED) is 0.739. The van der Waals surface area contributed by atoms with Gasteiger partial charge in [0.1, 0.15) is 0 Å². The first kappa shape index (κ1) is 12.4. The minimum Gasteiger partial charge on any atom is -0.397 e. The van der Waals surface area contributed by atoms with Crippen LogP contribution in [0.25, 0.3) is 0 Å². The number of nitrogen functional groups attached to an aromatic ring is 1. The molecule has 18 heavy (non-hydrogen) atoms. The van der Waals surface area contributed by atoms with Crippen LogP contribution in [0.2, 0.25) is 0 Å². The summed E-state index contributed by atoms with van der Waals surface area (Å²) in [6.45, 7) is 3.97. The van der Waals surface area contributed by atoms with Crippen molar-refractivity contribution in [3.05, 3.63) is 34.3 Å². The number of aryl methyl sites for hydroxylation is 2. The topological polar surface area (TPSA) is 94.0 Å². The summed E-state index contributed by atoms with van der Waals surface area (Å²) in [5.74, 6) is -0.491. The van der Waals surface area contributed by atoms with E-state index < -0.39 is 5.91 Å². The van der Waals surface area contributed by atoms with E-state index in [0.29, 0.717) is 16.9 Å². The highest BCUT2D eigenvalue weighted by Crippen LogP contribution is 2.28. The number of carbonyl (C=O) groups is 1. The fourth-order valence-electron chi connectivity index (χ4n) is 1.47. The number of hydrogen-bond acceptors (Lipinski definition) is 5. The van der Waals surface area contributed by atoms with Gasteiger partial charge in [-0.2, -0.15) is 0 Å². The third-order valence-electron chi connectivity index (χ3n) is 2.61. The van der Waals surface area contributed by atoms with E-state index in [1.165, 1.54) is 0 Å². The molecule has 0 unspecified atom stereocenters. The van der Waals surface area contributed by atoms with E-state index in [-0.39, 0.29) is 0 Å². The lowest BCUT2D eigenvalue weighted by molar-refractivity contribution is 0.100. The molecule has 2 aromatic rings. The van der Waals surface area contributed by atoms with Crippen LogP contribution in [0.4, 0.5) is 16.5 Å². The molecule has 0 saturated carbocycles. The van der Waals surface area contributed by atoms with Crippen LogP contribution in [0.3, 0.4) is 0 Å². The number of benzene rings is 1. The van der Waals surface area contributed by atoms with Crippen LogP contribution < -0.4 is 16.8 Å². The van der Waals surface area contributed by atoms with Crippen LogP contribution in [-0.2, 0) is 0 Å². The first-order valence-corrected chi connectivity index (χ1v) is 6.19. The van der Waals surface area contributed by atoms with Crippen molar-refractivity contribution in [1.82, 2.24) is 4.98 Å². The Bertz CT molecular complexity index is 587. The van der Waals surface area contributed by atoms with Crippen molar-refractivity contribution < 1.29 is 4.79 Å². The predicted octanol–water partition coefficient (Wildman–Crippen LogP) is 2.18. The summed E-state index contributed by atoms with van der Waals surface area (Å²) in [7, 11) is 0. The highest BCUT2D eigenvalue weighted by atomic mass is 32.1. The lowest BCUT2D eigenvalue weighted by Crippen LogP contribution is -2.11. The van der Waals surface area contributed by atoms with E-state index in [9.17, 15) is 4.79 Å². The maximum absolute atomic E-state index is 11.0. The Morgan fingerprint density at radius 1 is 1.39 bits per heavy atom. The lowest BCUT2D eigenvalue weighted by atomic mass is 10.1. The summed E-state index contributed by atoms with van der Waals surface area (Å²) in [6.07, 6.45) is 0. The first-order chi connectivity index (χ1) is 8.47. The standard InChI is InChI=1S/C12H14N4OS/c1-6-7(2)18-12(15-6)16-10-4-3-8(11(14)17)5-9(10)13/h3-5H,13H2,1-2H3,(H2,14,17)(H,15,16). The van der Waals surface area contributed by atoms with Gasteiger partial charge in [-0.1, -0.05) is 0 Å². The summed E-state index contributed by atoms with van der Waals surface area (Å²) in [4.78, 5) is 16.5. The molecule has 0 bridgehead atoms. The fraction of sp³-hybridized carbons (Fsp3) is 0.167. The van der Waals surface area contributed by atoms with Crippen LogP contribution in [0.1, 0.15) is 20.9 Å². The van der Waals surface area contributed by atoms with Crippen molar-refractivity contribution in [2.24, 2.45) is 5.73 Å². The Morgan fingerprint density at radius 3 is 2.61 bits per heavy atom. The fourth-order valence-corrected chi connectivity index (χ4v) is 2.30. The molecule has 0 atom stereocenters. The zero-order chi connectivity index (χ0) is 13.3. The van der Waals surface area contributed by atoms with E-state index in [2.05, 4.69) is 10.3 Å². The molecule has 1 aromatic heterocycles. The molecule has 1 aromatic carbocycles. The van der Waals surface area contributed by atoms with Gasteiger partial charge in [0.15, 0.2) is 5.13 Å². The molecule has 94 valence electrons. The molecule has 5 N–H and O–H groups in total. The Kier molecular flexibility index (Phi) is 3.20. The molecule has 5 nitrogen and oxygen atoms in total. The molecule has 0 saturated heterocycles. The van der Waals surface area contributed by atoms with Crippen LogP contribution in [0.5, 0.6) is 0 Å². The van der Waals surface area contributed by atoms with Crippen LogP contribution in [0.15, 0.2) is 18.2 Å². The number of hydrogen-bond donors (Lipinski definition) is 3. The second-order valence-electron chi connectivity index (χ2n) is 3.95. The lowest BCUT2D eigenvalue weighted by Gasteiger charge is -2.07. The van der Waals surface area contributed by atoms with Crippen molar-refractivity contribution in [3.8, 4) is 0 Å². The Balaban J connectivity index is 2.27. The third-order valence-corrected chi connectivity index (χ3v) is 3.59. The average molecular weight is 262 g/mol. The number of thiazole rings is 1. The van der Waals surface area contributed by atoms with E-state index in [4.69, 9.17) is 11.5 Å². The number of rotatable bonds is 3. The molecular weight excluding hydrogens is 248 g/mol. The van der Waals surface area contributed by atoms with E-state index in [1.54, 1.807) is 29.5 Å². The monoisotopic (exact) mass is 262 g/mol. The number of anilines is 3. The predicted molar refractivity (Wildman–Crippen MR) is 74.2 cm³/mol. The minimum atomic E-state index is -0.491. The smallest absolute Gasteiger partial charge is 0.248 e. The summed E-state index contributed by atoms with van der Waals surface area (Å²) in [5.41, 5.74) is 13.6. The molecule has 1 amide bonds. The molecule has 0 aliphatic rings. The number of nitrogens with zero attached hydrogens (tertiary/aromatic N) is 1. The molecule has 6 heteroatoms. The van der Waals surface area contributed by atoms with Gasteiger partial charge in [0.2, 0.25) is 5.91 Å². The van der Waals surface area contributed by atoms with Crippen molar-refractivity contribution in [2.75, 3.05) is 11.1 Å². The molecule has 0 fully saturated rings. The molecule has 0 aliphatic heterocycles. The van der Waals surface area contributed by atoms with Gasteiger partial charge in [0, 0.05) is 10.4 Å². The van der Waals surface area contributed by atoms with Crippen LogP contribution in [0, 0.1) is 13.8 Å². The Morgan fingerprint density at radius 2 is 2.11 bits per heavy atom. The zero-order valence-electron chi connectivity index (χ0n) is 10.2. The number of carbonyl (C=O) groups excluding carboxylic acids is 1. The number of amides is 1. The summed E-state index contributed by atoms with van der Waals surface area (Å²) in [6, 6.07) is 4.91. The molecule has 1 heterocycles. The van der Waals surface area contributed by atoms with Gasteiger partial charge < -0.3 is 16.8 Å². The Labute approximate surface area is 109 Å². The van der Waals surface area contributed by atoms with E-state index in [0.717, 1.165) is 15.7 Å². The second-order valence-corrected chi connectivity index (χ2v) is 5.16. The van der Waals surface area contributed by atoms with Crippen molar-refractivity contribution >= 4 is 33.8 Å². The average Bonchev–Trinajstić information content (AvgIpc) is 2.61. The van der Waals surface area contributed by atoms with Crippen molar-refractivity contribution in [2.45, 2.75) is 13.8 Å². The maximum Gasteiger partial charge on any atom is 0.248 e. The van der Waals surface area contributed by atoms with E-state index >= 15 is 0 Å². The molecule has 0 radical (unpaired) electrons. The van der Waals surface area contributed by atoms with Gasteiger partial charge >= 0.3 is 0 Å². The highest BCUT2D eigenvalue weighted by molar-refractivity contribution is 7.15. The highest BCUT2D eigenvalue weighted by Gasteiger charge is 2.08. The van der Waals surface area contributed by atoms with Gasteiger partial charge in [-0.3, -0.25) is 4.79 Å². The zero-order valence-corrected chi connectivity index (χ0v) is 11.0. The number of nitrogens with two attached hydrogens (primary N) is 2. The summed E-state index contributed by atoms with van der Waals surface area (Å²) >= 11 is 1.56. The number of nitrogens with one attached hydrogen (secondary N) is 1. The number of primary amides is 1. The van der Waals surface area contributed by atoms with E-state index in [1.807, 2.05) is 13.8 Å². The molecule has 2 rings (SSSR count). The minimum absolute atomic E-state index is 0.393. The van der Waals surface area contributed by atoms with Crippen LogP contribution in [-0.4, -0.2) is 10.9 Å². The molecular formula is C12H14N4OS. The van der Waals surface area contributed by atoms with Crippen molar-refractivity contribution in [3.63, 3.8) is 0 Å². The van der Waals surface area contributed by atoms with Gasteiger partial charge in [-0.05, 0) is 32.0 Å². The molecule has 0 spiro atoms. The van der Waals surface area contributed by atoms with Gasteiger partial charge in [-0.25, -0.2) is 4.98 Å². The maximum atomic E-state index is 11.0. The normalized spacial score (nSPS) is 10.3. The summed E-state index contributed by atoms with van der Waals surface area (Å²) < 4.78 is 0. The second kappa shape index (κ2) is 4.66. The summed E-state index contributed by atoms with van der Waals surface area (Å²) in [5, 5.41) is 3.91. The molecule has 0 aliphatic carbocycles.